The molecule has 1 heterocycles. The summed E-state index contributed by atoms with van der Waals surface area (Å²) in [4.78, 5) is 14.1. The van der Waals surface area contributed by atoms with Crippen LogP contribution in [0.15, 0.2) is 30.3 Å². The number of benzene rings is 2. The molecule has 0 fully saturated rings. The number of amides is 1. The van der Waals surface area contributed by atoms with Crippen LogP contribution in [-0.4, -0.2) is 38.7 Å². The van der Waals surface area contributed by atoms with Crippen LogP contribution in [0.2, 0.25) is 0 Å². The third kappa shape index (κ3) is 3.34. The maximum absolute atomic E-state index is 12.3. The van der Waals surface area contributed by atoms with E-state index in [0.29, 0.717) is 29.8 Å². The van der Waals surface area contributed by atoms with Gasteiger partial charge in [0, 0.05) is 18.2 Å². The van der Waals surface area contributed by atoms with E-state index < -0.39 is 0 Å². The summed E-state index contributed by atoms with van der Waals surface area (Å²) in [6, 6.07) is 9.84. The monoisotopic (exact) mass is 369 g/mol. The van der Waals surface area contributed by atoms with Crippen LogP contribution >= 0.6 is 0 Å². The fraction of sp³-hybridized carbons (Fsp3) is 0.409. The summed E-state index contributed by atoms with van der Waals surface area (Å²) >= 11 is 0. The predicted molar refractivity (Wildman–Crippen MR) is 106 cm³/mol. The molecule has 0 aromatic heterocycles. The Balaban J connectivity index is 2.13. The highest BCUT2D eigenvalue weighted by molar-refractivity contribution is 5.99. The van der Waals surface area contributed by atoms with Crippen molar-refractivity contribution < 1.29 is 19.0 Å². The van der Waals surface area contributed by atoms with Gasteiger partial charge in [0.1, 0.15) is 0 Å². The average Bonchev–Trinajstić information content (AvgIpc) is 2.89. The Bertz CT molecular complexity index is 860. The number of ether oxygens (including phenoxy) is 3. The summed E-state index contributed by atoms with van der Waals surface area (Å²) in [7, 11) is 5.06. The lowest BCUT2D eigenvalue weighted by molar-refractivity contribution is 0.0784. The quantitative estimate of drug-likeness (QED) is 0.749. The molecule has 0 saturated carbocycles. The van der Waals surface area contributed by atoms with Gasteiger partial charge in [-0.2, -0.15) is 0 Å². The minimum absolute atomic E-state index is 0.0487. The largest absolute Gasteiger partial charge is 0.493 e. The Hall–Kier alpha value is -2.69. The zero-order valence-corrected chi connectivity index (χ0v) is 16.8. The number of rotatable bonds is 6. The van der Waals surface area contributed by atoms with Gasteiger partial charge in [-0.05, 0) is 48.2 Å². The first-order chi connectivity index (χ1) is 12.9. The summed E-state index contributed by atoms with van der Waals surface area (Å²) in [5, 5.41) is 0. The van der Waals surface area contributed by atoms with Crippen LogP contribution in [0.25, 0.3) is 11.1 Å². The minimum Gasteiger partial charge on any atom is -0.493 e. The Morgan fingerprint density at radius 1 is 1.04 bits per heavy atom. The van der Waals surface area contributed by atoms with E-state index >= 15 is 0 Å². The van der Waals surface area contributed by atoms with E-state index in [2.05, 4.69) is 19.9 Å². The maximum atomic E-state index is 12.3. The molecule has 5 heteroatoms. The van der Waals surface area contributed by atoms with Crippen molar-refractivity contribution in [3.8, 4) is 28.4 Å². The number of carbonyl (C=O) groups excluding carboxylic acids is 1. The molecule has 0 bridgehead atoms. The molecule has 27 heavy (non-hydrogen) atoms. The van der Waals surface area contributed by atoms with Crippen molar-refractivity contribution in [3.05, 3.63) is 41.5 Å². The second-order valence-electron chi connectivity index (χ2n) is 7.28. The van der Waals surface area contributed by atoms with Gasteiger partial charge in [0.25, 0.3) is 5.91 Å². The van der Waals surface area contributed by atoms with Gasteiger partial charge in [0.05, 0.1) is 26.9 Å². The summed E-state index contributed by atoms with van der Waals surface area (Å²) in [6.45, 7) is 6.81. The highest BCUT2D eigenvalue weighted by atomic mass is 16.5. The van der Waals surface area contributed by atoms with Gasteiger partial charge >= 0.3 is 0 Å². The van der Waals surface area contributed by atoms with Crippen LogP contribution in [0.4, 0.5) is 0 Å². The molecule has 1 amide bonds. The molecule has 1 unspecified atom stereocenters. The molecule has 1 atom stereocenters. The van der Waals surface area contributed by atoms with E-state index in [1.807, 2.05) is 38.2 Å². The SMILES string of the molecule is COc1ccc(-c2ccc3c(c2)C(C)N(C)C3=O)c(OCC(C)C)c1OC. The van der Waals surface area contributed by atoms with Crippen molar-refractivity contribution in [1.29, 1.82) is 0 Å². The summed E-state index contributed by atoms with van der Waals surface area (Å²) in [5.41, 5.74) is 3.71. The molecule has 0 spiro atoms. The maximum Gasteiger partial charge on any atom is 0.254 e. The third-order valence-corrected chi connectivity index (χ3v) is 5.01. The van der Waals surface area contributed by atoms with Gasteiger partial charge in [-0.3, -0.25) is 4.79 Å². The fourth-order valence-corrected chi connectivity index (χ4v) is 3.36. The molecule has 3 rings (SSSR count). The van der Waals surface area contributed by atoms with Gasteiger partial charge in [-0.15, -0.1) is 0 Å². The number of nitrogens with zero attached hydrogens (tertiary/aromatic N) is 1. The van der Waals surface area contributed by atoms with Crippen LogP contribution in [0.1, 0.15) is 42.7 Å². The van der Waals surface area contributed by atoms with E-state index in [1.165, 1.54) is 0 Å². The van der Waals surface area contributed by atoms with Gasteiger partial charge in [-0.25, -0.2) is 0 Å². The van der Waals surface area contributed by atoms with E-state index in [9.17, 15) is 4.79 Å². The van der Waals surface area contributed by atoms with Gasteiger partial charge in [0.2, 0.25) is 5.75 Å². The number of fused-ring (bicyclic) bond motifs is 1. The molecule has 0 radical (unpaired) electrons. The Morgan fingerprint density at radius 3 is 2.37 bits per heavy atom. The van der Waals surface area contributed by atoms with Crippen molar-refractivity contribution >= 4 is 5.91 Å². The van der Waals surface area contributed by atoms with Crippen LogP contribution in [-0.2, 0) is 0 Å². The van der Waals surface area contributed by atoms with E-state index in [1.54, 1.807) is 19.1 Å². The molecule has 144 valence electrons. The van der Waals surface area contributed by atoms with Gasteiger partial charge < -0.3 is 19.1 Å². The molecule has 2 aromatic carbocycles. The number of methoxy groups -OCH3 is 2. The molecule has 0 N–H and O–H groups in total. The highest BCUT2D eigenvalue weighted by Gasteiger charge is 2.31. The van der Waals surface area contributed by atoms with Gasteiger partial charge in [-0.1, -0.05) is 19.9 Å². The molecule has 0 aliphatic carbocycles. The fourth-order valence-electron chi connectivity index (χ4n) is 3.36. The smallest absolute Gasteiger partial charge is 0.254 e. The van der Waals surface area contributed by atoms with Crippen LogP contribution in [0.3, 0.4) is 0 Å². The van der Waals surface area contributed by atoms with Crippen molar-refractivity contribution in [2.24, 2.45) is 5.92 Å². The number of hydrogen-bond donors (Lipinski definition) is 0. The van der Waals surface area contributed by atoms with Crippen molar-refractivity contribution in [3.63, 3.8) is 0 Å². The molecule has 1 aliphatic heterocycles. The lowest BCUT2D eigenvalue weighted by atomic mass is 9.97. The Morgan fingerprint density at radius 2 is 1.74 bits per heavy atom. The first-order valence-corrected chi connectivity index (χ1v) is 9.18. The Labute approximate surface area is 160 Å². The third-order valence-electron chi connectivity index (χ3n) is 5.01. The number of hydrogen-bond acceptors (Lipinski definition) is 4. The second kappa shape index (κ2) is 7.51. The van der Waals surface area contributed by atoms with Crippen molar-refractivity contribution in [1.82, 2.24) is 4.90 Å². The van der Waals surface area contributed by atoms with Crippen LogP contribution < -0.4 is 14.2 Å². The summed E-state index contributed by atoms with van der Waals surface area (Å²) in [5.74, 6) is 2.31. The van der Waals surface area contributed by atoms with E-state index in [-0.39, 0.29) is 11.9 Å². The predicted octanol–water partition coefficient (Wildman–Crippen LogP) is 4.55. The van der Waals surface area contributed by atoms with E-state index in [4.69, 9.17) is 14.2 Å². The summed E-state index contributed by atoms with van der Waals surface area (Å²) in [6.07, 6.45) is 0. The van der Waals surface area contributed by atoms with Crippen molar-refractivity contribution in [2.45, 2.75) is 26.8 Å². The van der Waals surface area contributed by atoms with Crippen LogP contribution in [0, 0.1) is 5.92 Å². The normalized spacial score (nSPS) is 15.9. The molecule has 1 aliphatic rings. The molecule has 2 aromatic rings. The molecule has 0 saturated heterocycles. The lowest BCUT2D eigenvalue weighted by Crippen LogP contribution is -2.20. The topological polar surface area (TPSA) is 48.0 Å². The average molecular weight is 369 g/mol. The molecule has 5 nitrogen and oxygen atoms in total. The number of carbonyl (C=O) groups is 1. The second-order valence-corrected chi connectivity index (χ2v) is 7.28. The molecular formula is C22H27NO4. The zero-order valence-electron chi connectivity index (χ0n) is 16.8. The first kappa shape index (κ1) is 19.1. The highest BCUT2D eigenvalue weighted by Crippen LogP contribution is 2.46. The summed E-state index contributed by atoms with van der Waals surface area (Å²) < 4.78 is 17.2. The van der Waals surface area contributed by atoms with Crippen LogP contribution in [0.5, 0.6) is 17.2 Å². The van der Waals surface area contributed by atoms with Crippen molar-refractivity contribution in [2.75, 3.05) is 27.9 Å². The standard InChI is InChI=1S/C22H27NO4/c1-13(2)12-27-20-16(9-10-19(25-5)21(20)26-6)15-7-8-17-18(11-15)14(3)23(4)22(17)24/h7-11,13-14H,12H2,1-6H3. The molecular weight excluding hydrogens is 342 g/mol. The van der Waals surface area contributed by atoms with E-state index in [0.717, 1.165) is 22.3 Å². The van der Waals surface area contributed by atoms with Gasteiger partial charge in [0.15, 0.2) is 11.5 Å². The zero-order chi connectivity index (χ0) is 19.7. The first-order valence-electron chi connectivity index (χ1n) is 9.18. The lowest BCUT2D eigenvalue weighted by Gasteiger charge is -2.19. The minimum atomic E-state index is 0.0487. The Kier molecular flexibility index (Phi) is 5.31.